The van der Waals surface area contributed by atoms with E-state index in [4.69, 9.17) is 9.47 Å². The molecule has 0 aromatic carbocycles. The smallest absolute Gasteiger partial charge is 0.0940 e. The largest absolute Gasteiger partial charge is 0.376 e. The van der Waals surface area contributed by atoms with Gasteiger partial charge in [-0.25, -0.2) is 0 Å². The van der Waals surface area contributed by atoms with Crippen LogP contribution in [0.15, 0.2) is 0 Å². The summed E-state index contributed by atoms with van der Waals surface area (Å²) in [5.74, 6) is 0.663. The summed E-state index contributed by atoms with van der Waals surface area (Å²) in [6.07, 6.45) is 1.57. The molecule has 0 aromatic rings. The van der Waals surface area contributed by atoms with Gasteiger partial charge in [-0.3, -0.25) is 0 Å². The molecule has 1 rings (SSSR count). The Hall–Kier alpha value is -0.120. The summed E-state index contributed by atoms with van der Waals surface area (Å²) in [4.78, 5) is 0. The van der Waals surface area contributed by atoms with Gasteiger partial charge in [-0.1, -0.05) is 13.8 Å². The van der Waals surface area contributed by atoms with Crippen LogP contribution in [0.25, 0.3) is 0 Å². The second-order valence-electron chi connectivity index (χ2n) is 5.80. The van der Waals surface area contributed by atoms with Crippen LogP contribution >= 0.6 is 0 Å². The Bertz CT molecular complexity index is 206. The van der Waals surface area contributed by atoms with E-state index in [2.05, 4.69) is 39.9 Å². The quantitative estimate of drug-likeness (QED) is 0.784. The predicted octanol–water partition coefficient (Wildman–Crippen LogP) is 2.20. The molecule has 0 saturated carbocycles. The normalized spacial score (nSPS) is 31.3. The zero-order valence-electron chi connectivity index (χ0n) is 11.4. The van der Waals surface area contributed by atoms with Crippen molar-refractivity contribution in [1.82, 2.24) is 5.32 Å². The van der Waals surface area contributed by atoms with Crippen LogP contribution in [-0.4, -0.2) is 37.5 Å². The van der Waals surface area contributed by atoms with Gasteiger partial charge < -0.3 is 14.8 Å². The first kappa shape index (κ1) is 13.9. The van der Waals surface area contributed by atoms with Crippen LogP contribution in [0.2, 0.25) is 0 Å². The number of hydrogen-bond donors (Lipinski definition) is 1. The van der Waals surface area contributed by atoms with E-state index in [0.717, 1.165) is 19.5 Å². The van der Waals surface area contributed by atoms with E-state index in [1.807, 2.05) is 0 Å². The van der Waals surface area contributed by atoms with Crippen molar-refractivity contribution in [3.63, 3.8) is 0 Å². The monoisotopic (exact) mass is 229 g/mol. The summed E-state index contributed by atoms with van der Waals surface area (Å²) in [5.41, 5.74) is -0.0303. The fourth-order valence-corrected chi connectivity index (χ4v) is 2.36. The van der Waals surface area contributed by atoms with Gasteiger partial charge in [0.1, 0.15) is 0 Å². The number of rotatable bonds is 5. The van der Waals surface area contributed by atoms with E-state index in [0.29, 0.717) is 12.5 Å². The number of nitrogens with one attached hydrogen (secondary N) is 1. The van der Waals surface area contributed by atoms with Gasteiger partial charge in [0, 0.05) is 13.1 Å². The third kappa shape index (κ3) is 4.81. The Balaban J connectivity index is 2.39. The minimum Gasteiger partial charge on any atom is -0.376 e. The summed E-state index contributed by atoms with van der Waals surface area (Å²) in [5, 5.41) is 3.45. The Morgan fingerprint density at radius 1 is 1.38 bits per heavy atom. The Morgan fingerprint density at radius 2 is 2.06 bits per heavy atom. The minimum atomic E-state index is -0.0303. The van der Waals surface area contributed by atoms with Crippen LogP contribution in [0.5, 0.6) is 0 Å². The summed E-state index contributed by atoms with van der Waals surface area (Å²) >= 11 is 0. The molecule has 2 unspecified atom stereocenters. The lowest BCUT2D eigenvalue weighted by molar-refractivity contribution is -0.141. The highest BCUT2D eigenvalue weighted by Crippen LogP contribution is 2.24. The Morgan fingerprint density at radius 3 is 2.62 bits per heavy atom. The van der Waals surface area contributed by atoms with Crippen molar-refractivity contribution in [3.05, 3.63) is 0 Å². The van der Waals surface area contributed by atoms with Crippen LogP contribution in [0.3, 0.4) is 0 Å². The van der Waals surface area contributed by atoms with Crippen LogP contribution in [-0.2, 0) is 9.47 Å². The van der Waals surface area contributed by atoms with Gasteiger partial charge in [0.25, 0.3) is 0 Å². The third-order valence-electron chi connectivity index (χ3n) is 2.78. The van der Waals surface area contributed by atoms with Gasteiger partial charge in [-0.05, 0) is 33.1 Å². The average Bonchev–Trinajstić information content (AvgIpc) is 2.12. The zero-order chi connectivity index (χ0) is 12.2. The highest BCUT2D eigenvalue weighted by Gasteiger charge is 2.33. The molecule has 3 heteroatoms. The summed E-state index contributed by atoms with van der Waals surface area (Å²) < 4.78 is 11.8. The lowest BCUT2D eigenvalue weighted by Crippen LogP contribution is -2.54. The van der Waals surface area contributed by atoms with Gasteiger partial charge in [0.2, 0.25) is 0 Å². The fourth-order valence-electron chi connectivity index (χ4n) is 2.36. The summed E-state index contributed by atoms with van der Waals surface area (Å²) in [7, 11) is 0. The minimum absolute atomic E-state index is 0.0303. The maximum Gasteiger partial charge on any atom is 0.0940 e. The van der Waals surface area contributed by atoms with Crippen LogP contribution in [0.1, 0.15) is 41.0 Å². The van der Waals surface area contributed by atoms with Crippen molar-refractivity contribution in [2.75, 3.05) is 19.7 Å². The number of morpholine rings is 1. The molecule has 0 aliphatic carbocycles. The summed E-state index contributed by atoms with van der Waals surface area (Å²) in [6, 6.07) is 0. The summed E-state index contributed by atoms with van der Waals surface area (Å²) in [6.45, 7) is 13.3. The molecule has 0 radical (unpaired) electrons. The highest BCUT2D eigenvalue weighted by molar-refractivity contribution is 4.86. The van der Waals surface area contributed by atoms with E-state index < -0.39 is 0 Å². The maximum absolute atomic E-state index is 6.15. The van der Waals surface area contributed by atoms with E-state index in [9.17, 15) is 0 Å². The Labute approximate surface area is 99.9 Å². The van der Waals surface area contributed by atoms with E-state index in [1.54, 1.807) is 0 Å². The molecule has 0 spiro atoms. The van der Waals surface area contributed by atoms with Crippen molar-refractivity contribution in [2.45, 2.75) is 58.8 Å². The standard InChI is InChI=1S/C13H27NO2/c1-10(2)6-13(5)9-14-7-12(16-13)8-15-11(3)4/h10-12,14H,6-9H2,1-5H3. The molecule has 0 amide bonds. The first-order valence-corrected chi connectivity index (χ1v) is 6.41. The fraction of sp³-hybridized carbons (Fsp3) is 1.00. The molecule has 0 bridgehead atoms. The van der Waals surface area contributed by atoms with Crippen molar-refractivity contribution < 1.29 is 9.47 Å². The molecular weight excluding hydrogens is 202 g/mol. The number of ether oxygens (including phenoxy) is 2. The molecule has 3 nitrogen and oxygen atoms in total. The molecule has 1 aliphatic heterocycles. The van der Waals surface area contributed by atoms with Crippen LogP contribution in [0, 0.1) is 5.92 Å². The third-order valence-corrected chi connectivity index (χ3v) is 2.78. The van der Waals surface area contributed by atoms with Crippen LogP contribution < -0.4 is 5.32 Å². The van der Waals surface area contributed by atoms with E-state index in [1.165, 1.54) is 0 Å². The van der Waals surface area contributed by atoms with Crippen molar-refractivity contribution in [3.8, 4) is 0 Å². The first-order chi connectivity index (χ1) is 7.41. The van der Waals surface area contributed by atoms with Crippen molar-refractivity contribution in [2.24, 2.45) is 5.92 Å². The second-order valence-corrected chi connectivity index (χ2v) is 5.80. The van der Waals surface area contributed by atoms with Crippen molar-refractivity contribution in [1.29, 1.82) is 0 Å². The van der Waals surface area contributed by atoms with Gasteiger partial charge in [-0.15, -0.1) is 0 Å². The lowest BCUT2D eigenvalue weighted by atomic mass is 9.92. The topological polar surface area (TPSA) is 30.5 Å². The first-order valence-electron chi connectivity index (χ1n) is 6.41. The van der Waals surface area contributed by atoms with Crippen molar-refractivity contribution >= 4 is 0 Å². The molecule has 96 valence electrons. The van der Waals surface area contributed by atoms with Gasteiger partial charge in [-0.2, -0.15) is 0 Å². The van der Waals surface area contributed by atoms with Gasteiger partial charge in [0.05, 0.1) is 24.4 Å². The molecule has 1 fully saturated rings. The zero-order valence-corrected chi connectivity index (χ0v) is 11.4. The second kappa shape index (κ2) is 5.99. The van der Waals surface area contributed by atoms with Gasteiger partial charge in [0.15, 0.2) is 0 Å². The average molecular weight is 229 g/mol. The molecule has 16 heavy (non-hydrogen) atoms. The predicted molar refractivity (Wildman–Crippen MR) is 66.7 cm³/mol. The molecule has 1 heterocycles. The maximum atomic E-state index is 6.15. The number of hydrogen-bond acceptors (Lipinski definition) is 3. The molecule has 0 aromatic heterocycles. The molecular formula is C13H27NO2. The Kier molecular flexibility index (Phi) is 5.22. The molecule has 1 saturated heterocycles. The molecule has 1 N–H and O–H groups in total. The van der Waals surface area contributed by atoms with Gasteiger partial charge >= 0.3 is 0 Å². The lowest BCUT2D eigenvalue weighted by Gasteiger charge is -2.40. The molecule has 1 aliphatic rings. The molecule has 2 atom stereocenters. The highest BCUT2D eigenvalue weighted by atomic mass is 16.6. The van der Waals surface area contributed by atoms with E-state index >= 15 is 0 Å². The SMILES string of the molecule is CC(C)CC1(C)CNCC(COC(C)C)O1. The van der Waals surface area contributed by atoms with E-state index in [-0.39, 0.29) is 17.8 Å². The van der Waals surface area contributed by atoms with Crippen LogP contribution in [0.4, 0.5) is 0 Å².